The predicted molar refractivity (Wildman–Crippen MR) is 60.1 cm³/mol. The Bertz CT molecular complexity index is 607. The van der Waals surface area contributed by atoms with Crippen molar-refractivity contribution >= 4 is 16.4 Å². The van der Waals surface area contributed by atoms with Gasteiger partial charge in [0.1, 0.15) is 11.9 Å². The number of carbonyl (C=O) groups is 1. The van der Waals surface area contributed by atoms with Crippen molar-refractivity contribution in [3.05, 3.63) is 29.8 Å². The third-order valence-corrected chi connectivity index (χ3v) is 3.90. The molecule has 0 saturated carbocycles. The first kappa shape index (κ1) is 12.4. The Kier molecular flexibility index (Phi) is 2.56. The summed E-state index contributed by atoms with van der Waals surface area (Å²) in [7, 11) is -4.04. The number of rotatable bonds is 2. The highest BCUT2D eigenvalue weighted by molar-refractivity contribution is 7.83. The molecule has 19 heavy (non-hydrogen) atoms. The minimum absolute atomic E-state index is 0.0198. The summed E-state index contributed by atoms with van der Waals surface area (Å²) in [5.74, 6) is -2.48. The van der Waals surface area contributed by atoms with Crippen LogP contribution in [0.1, 0.15) is 12.0 Å². The van der Waals surface area contributed by atoms with Crippen LogP contribution in [0.2, 0.25) is 0 Å². The lowest BCUT2D eigenvalue weighted by atomic mass is 10.0. The third-order valence-electron chi connectivity index (χ3n) is 2.95. The number of hydrogen-bond donors (Lipinski definition) is 1. The Morgan fingerprint density at radius 2 is 1.89 bits per heavy atom. The first-order valence-corrected chi connectivity index (χ1v) is 6.87. The number of ether oxygens (including phenoxy) is 1. The fourth-order valence-corrected chi connectivity index (χ4v) is 3.09. The summed E-state index contributed by atoms with van der Waals surface area (Å²) >= 11 is 0. The van der Waals surface area contributed by atoms with E-state index in [1.54, 1.807) is 12.1 Å². The van der Waals surface area contributed by atoms with E-state index < -0.39 is 28.3 Å². The molecule has 1 N–H and O–H groups in total. The second-order valence-electron chi connectivity index (χ2n) is 4.43. The van der Waals surface area contributed by atoms with Crippen LogP contribution in [0.15, 0.2) is 24.3 Å². The molecule has 8 heteroatoms. The van der Waals surface area contributed by atoms with Crippen molar-refractivity contribution in [3.63, 3.8) is 0 Å². The van der Waals surface area contributed by atoms with Crippen molar-refractivity contribution in [2.75, 3.05) is 0 Å². The maximum atomic E-state index is 11.5. The zero-order valence-electron chi connectivity index (χ0n) is 9.61. The first-order chi connectivity index (χ1) is 8.89. The number of hydrogen-bond acceptors (Lipinski definition) is 7. The van der Waals surface area contributed by atoms with Crippen molar-refractivity contribution in [3.8, 4) is 5.75 Å². The topological polar surface area (TPSA) is 99.1 Å². The smallest absolute Gasteiger partial charge is 0.406 e. The van der Waals surface area contributed by atoms with Gasteiger partial charge in [-0.3, -0.25) is 0 Å². The number of carbonyl (C=O) groups excluding carboxylic acids is 1. The Hall–Kier alpha value is -1.64. The van der Waals surface area contributed by atoms with Gasteiger partial charge in [-0.25, -0.2) is 4.79 Å². The summed E-state index contributed by atoms with van der Waals surface area (Å²) in [6.07, 6.45) is -0.112. The van der Waals surface area contributed by atoms with Crippen LogP contribution in [-0.2, 0) is 34.7 Å². The minimum Gasteiger partial charge on any atom is -0.508 e. The van der Waals surface area contributed by atoms with Crippen LogP contribution in [0, 0.1) is 0 Å². The monoisotopic (exact) mass is 286 g/mol. The molecule has 0 amide bonds. The molecule has 0 aliphatic carbocycles. The van der Waals surface area contributed by atoms with Crippen LogP contribution in [0.3, 0.4) is 0 Å². The number of benzene rings is 1. The maximum absolute atomic E-state index is 11.5. The van der Waals surface area contributed by atoms with E-state index in [1.165, 1.54) is 12.1 Å². The molecule has 1 aromatic rings. The van der Waals surface area contributed by atoms with Crippen molar-refractivity contribution in [2.24, 2.45) is 0 Å². The molecule has 2 saturated heterocycles. The number of phenolic OH excluding ortho intramolecular Hbond substituents is 1. The van der Waals surface area contributed by atoms with Gasteiger partial charge in [0.2, 0.25) is 0 Å². The minimum atomic E-state index is -4.04. The lowest BCUT2D eigenvalue weighted by molar-refractivity contribution is -0.200. The Balaban J connectivity index is 1.69. The van der Waals surface area contributed by atoms with E-state index in [2.05, 4.69) is 8.37 Å². The number of aromatic hydroxyl groups is 1. The van der Waals surface area contributed by atoms with Crippen molar-refractivity contribution < 1.29 is 31.4 Å². The zero-order chi connectivity index (χ0) is 13.7. The van der Waals surface area contributed by atoms with Gasteiger partial charge < -0.3 is 9.84 Å². The van der Waals surface area contributed by atoms with Crippen LogP contribution in [0.25, 0.3) is 0 Å². The van der Waals surface area contributed by atoms with Crippen molar-refractivity contribution in [2.45, 2.75) is 24.7 Å². The van der Waals surface area contributed by atoms with E-state index in [4.69, 9.17) is 9.84 Å². The quantitative estimate of drug-likeness (QED) is 0.777. The van der Waals surface area contributed by atoms with E-state index in [9.17, 15) is 13.2 Å². The summed E-state index contributed by atoms with van der Waals surface area (Å²) < 4.78 is 35.7. The van der Waals surface area contributed by atoms with Crippen LogP contribution in [0.5, 0.6) is 5.75 Å². The Labute approximate surface area is 109 Å². The lowest BCUT2D eigenvalue weighted by Crippen LogP contribution is -2.53. The molecule has 1 atom stereocenters. The van der Waals surface area contributed by atoms with Gasteiger partial charge in [-0.1, -0.05) is 12.1 Å². The summed E-state index contributed by atoms with van der Waals surface area (Å²) in [5.41, 5.74) is 0.842. The highest BCUT2D eigenvalue weighted by atomic mass is 32.3. The summed E-state index contributed by atoms with van der Waals surface area (Å²) in [6, 6.07) is 6.41. The number of esters is 1. The maximum Gasteiger partial charge on any atom is 0.406 e. The van der Waals surface area contributed by atoms with E-state index >= 15 is 0 Å². The van der Waals surface area contributed by atoms with Crippen molar-refractivity contribution in [1.82, 2.24) is 0 Å². The fourth-order valence-electron chi connectivity index (χ4n) is 2.15. The van der Waals surface area contributed by atoms with Crippen molar-refractivity contribution in [1.29, 1.82) is 0 Å². The highest BCUT2D eigenvalue weighted by Gasteiger charge is 2.64. The largest absolute Gasteiger partial charge is 0.508 e. The molecule has 0 bridgehead atoms. The van der Waals surface area contributed by atoms with E-state index in [1.807, 2.05) is 0 Å². The van der Waals surface area contributed by atoms with Gasteiger partial charge in [0.15, 0.2) is 0 Å². The molecule has 2 fully saturated rings. The standard InChI is InChI=1S/C11H10O7S/c12-8-3-1-7(2-4-8)5-9-6-11(10(13)16-9)17-19(14,15)18-11/h1-4,9,12H,5-6H2. The van der Waals surface area contributed by atoms with Gasteiger partial charge >= 0.3 is 22.2 Å². The SMILES string of the molecule is O=C1OC(Cc2ccc(O)cc2)CC12OS(=O)(=O)O2. The zero-order valence-corrected chi connectivity index (χ0v) is 10.4. The Morgan fingerprint density at radius 1 is 1.26 bits per heavy atom. The van der Waals surface area contributed by atoms with Gasteiger partial charge in [-0.05, 0) is 17.7 Å². The second kappa shape index (κ2) is 3.92. The van der Waals surface area contributed by atoms with E-state index in [-0.39, 0.29) is 12.2 Å². The lowest BCUT2D eigenvalue weighted by Gasteiger charge is -2.31. The second-order valence-corrected chi connectivity index (χ2v) is 5.58. The molecule has 2 aliphatic rings. The molecule has 2 aliphatic heterocycles. The molecular weight excluding hydrogens is 276 g/mol. The third kappa shape index (κ3) is 2.18. The van der Waals surface area contributed by atoms with E-state index in [0.29, 0.717) is 6.42 Å². The molecular formula is C11H10O7S. The molecule has 0 aromatic heterocycles. The predicted octanol–water partition coefficient (Wildman–Crippen LogP) is 0.238. The average molecular weight is 286 g/mol. The molecule has 7 nitrogen and oxygen atoms in total. The summed E-state index contributed by atoms with van der Waals surface area (Å²) in [6.45, 7) is 0. The van der Waals surface area contributed by atoms with Crippen LogP contribution in [0.4, 0.5) is 0 Å². The average Bonchev–Trinajstić information content (AvgIpc) is 2.57. The van der Waals surface area contributed by atoms with Gasteiger partial charge in [-0.15, -0.1) is 0 Å². The van der Waals surface area contributed by atoms with E-state index in [0.717, 1.165) is 5.56 Å². The number of phenols is 1. The normalized spacial score (nSPS) is 26.9. The van der Waals surface area contributed by atoms with Crippen LogP contribution < -0.4 is 0 Å². The first-order valence-electron chi connectivity index (χ1n) is 5.54. The van der Waals surface area contributed by atoms with Gasteiger partial charge in [0, 0.05) is 6.42 Å². The molecule has 1 aromatic carbocycles. The molecule has 1 unspecified atom stereocenters. The summed E-state index contributed by atoms with van der Waals surface area (Å²) in [5, 5.41) is 9.16. The molecule has 102 valence electrons. The summed E-state index contributed by atoms with van der Waals surface area (Å²) in [4.78, 5) is 11.5. The van der Waals surface area contributed by atoms with Gasteiger partial charge in [0.05, 0.1) is 6.42 Å². The fraction of sp³-hybridized carbons (Fsp3) is 0.364. The molecule has 1 spiro atoms. The van der Waals surface area contributed by atoms with Crippen LogP contribution in [-0.4, -0.2) is 31.4 Å². The Morgan fingerprint density at radius 3 is 2.47 bits per heavy atom. The van der Waals surface area contributed by atoms with Gasteiger partial charge in [0.25, 0.3) is 0 Å². The highest BCUT2D eigenvalue weighted by Crippen LogP contribution is 2.42. The number of cyclic esters (lactones) is 1. The molecule has 3 rings (SSSR count). The van der Waals surface area contributed by atoms with Crippen LogP contribution >= 0.6 is 0 Å². The molecule has 0 radical (unpaired) electrons. The van der Waals surface area contributed by atoms with Gasteiger partial charge in [-0.2, -0.15) is 16.8 Å². The molecule has 2 heterocycles.